The van der Waals surface area contributed by atoms with Crippen LogP contribution in [0.5, 0.6) is 0 Å². The lowest BCUT2D eigenvalue weighted by atomic mass is 9.86. The Morgan fingerprint density at radius 1 is 0.741 bits per heavy atom. The molecule has 0 unspecified atom stereocenters. The Balaban J connectivity index is 2.19. The number of benzene rings is 3. The second-order valence-electron chi connectivity index (χ2n) is 6.52. The highest BCUT2D eigenvalue weighted by atomic mass is 31.1. The number of carbonyl (C=O) groups is 2. The topological polar surface area (TPSA) is 51.2 Å². The third kappa shape index (κ3) is 3.51. The van der Waals surface area contributed by atoms with E-state index < -0.39 is 0 Å². The van der Waals surface area contributed by atoms with Gasteiger partial charge >= 0.3 is 0 Å². The van der Waals surface area contributed by atoms with Crippen molar-refractivity contribution in [3.63, 3.8) is 0 Å². The van der Waals surface area contributed by atoms with E-state index in [0.717, 1.165) is 11.1 Å². The smallest absolute Gasteiger partial charge is 0.194 e. The molecule has 3 rings (SSSR count). The average molecular weight is 374 g/mol. The first kappa shape index (κ1) is 18.9. The van der Waals surface area contributed by atoms with Gasteiger partial charge in [0, 0.05) is 22.3 Å². The molecule has 0 bridgehead atoms. The molecule has 0 fully saturated rings. The average Bonchev–Trinajstić information content (AvgIpc) is 2.68. The Hall–Kier alpha value is -2.90. The van der Waals surface area contributed by atoms with Crippen LogP contribution in [-0.2, 0) is 4.57 Å². The number of aryl methyl sites for hydroxylation is 2. The number of hydrogen-bond acceptors (Lipinski definition) is 3. The summed E-state index contributed by atoms with van der Waals surface area (Å²) in [4.78, 5) is 26.3. The molecule has 134 valence electrons. The van der Waals surface area contributed by atoms with Crippen LogP contribution in [0.25, 0.3) is 0 Å². The molecule has 0 atom stereocenters. The van der Waals surface area contributed by atoms with Crippen molar-refractivity contribution in [1.29, 1.82) is 0 Å². The lowest BCUT2D eigenvalue weighted by Crippen LogP contribution is -2.17. The van der Waals surface area contributed by atoms with Gasteiger partial charge in [0.05, 0.1) is 5.30 Å². The molecule has 4 heteroatoms. The lowest BCUT2D eigenvalue weighted by molar-refractivity contribution is 0.103. The summed E-state index contributed by atoms with van der Waals surface area (Å²) in [7, 11) is -0.203. The van der Waals surface area contributed by atoms with E-state index in [0.29, 0.717) is 33.1 Å². The summed E-state index contributed by atoms with van der Waals surface area (Å²) in [6.07, 6.45) is 0. The van der Waals surface area contributed by atoms with Crippen molar-refractivity contribution in [2.45, 2.75) is 20.8 Å². The molecule has 0 saturated heterocycles. The van der Waals surface area contributed by atoms with E-state index in [1.165, 1.54) is 0 Å². The summed E-state index contributed by atoms with van der Waals surface area (Å²) >= 11 is 0. The van der Waals surface area contributed by atoms with Crippen molar-refractivity contribution in [1.82, 2.24) is 0 Å². The van der Waals surface area contributed by atoms with Gasteiger partial charge in [0.1, 0.15) is 0 Å². The summed E-state index contributed by atoms with van der Waals surface area (Å²) < 4.78 is 11.4. The molecule has 3 aromatic carbocycles. The third-order valence-corrected chi connectivity index (χ3v) is 5.30. The van der Waals surface area contributed by atoms with Crippen LogP contribution in [-0.4, -0.2) is 11.6 Å². The number of ketones is 2. The van der Waals surface area contributed by atoms with E-state index >= 15 is 0 Å². The zero-order valence-corrected chi connectivity index (χ0v) is 16.3. The fraction of sp³-hybridized carbons (Fsp3) is 0.130. The van der Waals surface area contributed by atoms with E-state index in [9.17, 15) is 14.2 Å². The van der Waals surface area contributed by atoms with E-state index in [-0.39, 0.29) is 20.0 Å². The van der Waals surface area contributed by atoms with Crippen LogP contribution in [0.2, 0.25) is 0 Å². The summed E-state index contributed by atoms with van der Waals surface area (Å²) in [5.74, 6) is -0.319. The molecule has 0 aromatic heterocycles. The van der Waals surface area contributed by atoms with Crippen LogP contribution >= 0.6 is 8.46 Å². The maximum absolute atomic E-state index is 13.2. The van der Waals surface area contributed by atoms with Gasteiger partial charge in [-0.05, 0) is 49.6 Å². The first-order chi connectivity index (χ1) is 13.0. The molecule has 0 aliphatic carbocycles. The van der Waals surface area contributed by atoms with Gasteiger partial charge in [0.15, 0.2) is 20.0 Å². The molecular weight excluding hydrogens is 355 g/mol. The minimum atomic E-state index is -0.217. The predicted octanol–water partition coefficient (Wildman–Crippen LogP) is 4.99. The van der Waals surface area contributed by atoms with Crippen molar-refractivity contribution < 1.29 is 14.2 Å². The van der Waals surface area contributed by atoms with Gasteiger partial charge in [-0.2, -0.15) is 0 Å². The van der Waals surface area contributed by atoms with Gasteiger partial charge in [0.2, 0.25) is 0 Å². The van der Waals surface area contributed by atoms with Crippen molar-refractivity contribution in [2.75, 3.05) is 0 Å². The predicted molar refractivity (Wildman–Crippen MR) is 108 cm³/mol. The minimum Gasteiger partial charge on any atom is -0.289 e. The Kier molecular flexibility index (Phi) is 5.43. The molecule has 27 heavy (non-hydrogen) atoms. The first-order valence-corrected chi connectivity index (χ1v) is 9.44. The van der Waals surface area contributed by atoms with E-state index in [1.807, 2.05) is 38.1 Å². The van der Waals surface area contributed by atoms with Crippen LogP contribution in [0.15, 0.2) is 60.7 Å². The fourth-order valence-electron chi connectivity index (χ4n) is 3.50. The van der Waals surface area contributed by atoms with Gasteiger partial charge in [-0.1, -0.05) is 48.5 Å². The molecule has 0 radical (unpaired) electrons. The molecule has 0 amide bonds. The molecular formula is C23H19O3P. The Morgan fingerprint density at radius 3 is 1.93 bits per heavy atom. The van der Waals surface area contributed by atoms with Gasteiger partial charge in [-0.3, -0.25) is 14.2 Å². The summed E-state index contributed by atoms with van der Waals surface area (Å²) in [5, 5.41) is 0.442. The number of hydrogen-bond donors (Lipinski definition) is 0. The van der Waals surface area contributed by atoms with E-state index in [2.05, 4.69) is 0 Å². The van der Waals surface area contributed by atoms with Crippen LogP contribution in [0.3, 0.4) is 0 Å². The molecule has 0 heterocycles. The normalized spacial score (nSPS) is 10.8. The first-order valence-electron chi connectivity index (χ1n) is 8.63. The number of carbonyl (C=O) groups excluding carboxylic acids is 2. The standard InChI is InChI=1S/C23H19O3P/c1-14-13-15(2)21(23(25)18-11-7-8-12-19(18)27-26)16(3)20(14)22(24)17-9-5-4-6-10-17/h4-13H,1-3H3. The molecule has 0 spiro atoms. The Morgan fingerprint density at radius 2 is 1.30 bits per heavy atom. The zero-order valence-electron chi connectivity index (χ0n) is 15.4. The highest BCUT2D eigenvalue weighted by molar-refractivity contribution is 7.34. The quantitative estimate of drug-likeness (QED) is 0.467. The van der Waals surface area contributed by atoms with Crippen molar-refractivity contribution in [2.24, 2.45) is 0 Å². The molecule has 0 N–H and O–H groups in total. The summed E-state index contributed by atoms with van der Waals surface area (Å²) in [6, 6.07) is 17.7. The zero-order chi connectivity index (χ0) is 19.6. The third-order valence-electron chi connectivity index (χ3n) is 4.71. The van der Waals surface area contributed by atoms with Crippen molar-refractivity contribution in [3.8, 4) is 0 Å². The highest BCUT2D eigenvalue weighted by Gasteiger charge is 2.24. The monoisotopic (exact) mass is 374 g/mol. The van der Waals surface area contributed by atoms with Crippen LogP contribution in [0.4, 0.5) is 0 Å². The molecule has 0 saturated carbocycles. The SMILES string of the molecule is Cc1cc(C)c(C(=O)c2ccccc2P=O)c(C)c1C(=O)c1ccccc1. The van der Waals surface area contributed by atoms with Crippen molar-refractivity contribution in [3.05, 3.63) is 99.6 Å². The second-order valence-corrected chi connectivity index (χ2v) is 7.18. The largest absolute Gasteiger partial charge is 0.289 e. The molecule has 0 aliphatic rings. The van der Waals surface area contributed by atoms with E-state index in [4.69, 9.17) is 0 Å². The molecule has 3 aromatic rings. The van der Waals surface area contributed by atoms with Crippen LogP contribution in [0.1, 0.15) is 48.5 Å². The van der Waals surface area contributed by atoms with Crippen LogP contribution < -0.4 is 5.30 Å². The van der Waals surface area contributed by atoms with Crippen LogP contribution in [0, 0.1) is 20.8 Å². The van der Waals surface area contributed by atoms with Crippen molar-refractivity contribution >= 4 is 25.3 Å². The minimum absolute atomic E-state index is 0.102. The maximum atomic E-state index is 13.2. The summed E-state index contributed by atoms with van der Waals surface area (Å²) in [5.41, 5.74) is 4.32. The fourth-order valence-corrected chi connectivity index (χ4v) is 3.92. The van der Waals surface area contributed by atoms with Gasteiger partial charge < -0.3 is 0 Å². The van der Waals surface area contributed by atoms with Gasteiger partial charge in [0.25, 0.3) is 0 Å². The number of rotatable bonds is 5. The summed E-state index contributed by atoms with van der Waals surface area (Å²) in [6.45, 7) is 5.55. The molecule has 3 nitrogen and oxygen atoms in total. The Bertz CT molecular complexity index is 1050. The lowest BCUT2D eigenvalue weighted by Gasteiger charge is -2.16. The maximum Gasteiger partial charge on any atom is 0.194 e. The Labute approximate surface area is 160 Å². The molecule has 0 aliphatic heterocycles. The second kappa shape index (κ2) is 7.77. The van der Waals surface area contributed by atoms with E-state index in [1.54, 1.807) is 43.3 Å². The van der Waals surface area contributed by atoms with Gasteiger partial charge in [-0.15, -0.1) is 0 Å². The highest BCUT2D eigenvalue weighted by Crippen LogP contribution is 2.27. The van der Waals surface area contributed by atoms with Gasteiger partial charge in [-0.25, -0.2) is 0 Å².